The van der Waals surface area contributed by atoms with E-state index in [2.05, 4.69) is 30.8 Å². The molecule has 120 valence electrons. The fraction of sp³-hybridized carbons (Fsp3) is 0.625. The molecule has 0 aromatic heterocycles. The van der Waals surface area contributed by atoms with Gasteiger partial charge >= 0.3 is 0 Å². The van der Waals surface area contributed by atoms with E-state index in [1.165, 1.54) is 0 Å². The molecule has 0 aliphatic rings. The first-order valence-electron chi connectivity index (χ1n) is 7.76. The van der Waals surface area contributed by atoms with Gasteiger partial charge in [-0.1, -0.05) is 32.9 Å². The van der Waals surface area contributed by atoms with E-state index in [1.807, 2.05) is 18.2 Å². The van der Waals surface area contributed by atoms with E-state index in [1.54, 1.807) is 6.07 Å². The van der Waals surface area contributed by atoms with E-state index in [-0.39, 0.29) is 5.75 Å². The van der Waals surface area contributed by atoms with Crippen LogP contribution in [0.25, 0.3) is 0 Å². The van der Waals surface area contributed by atoms with E-state index >= 15 is 0 Å². The van der Waals surface area contributed by atoms with Crippen molar-refractivity contribution in [2.45, 2.75) is 46.0 Å². The van der Waals surface area contributed by atoms with Gasteiger partial charge < -0.3 is 5.32 Å². The second kappa shape index (κ2) is 9.05. The van der Waals surface area contributed by atoms with Crippen LogP contribution in [0.5, 0.6) is 0 Å². The lowest BCUT2D eigenvalue weighted by atomic mass is 10.0. The Balaban J connectivity index is 2.43. The molecule has 0 amide bonds. The molecule has 0 atom stereocenters. The summed E-state index contributed by atoms with van der Waals surface area (Å²) >= 11 is 0. The number of nitrogens with one attached hydrogen (secondary N) is 2. The number of hydrogen-bond donors (Lipinski definition) is 2. The highest BCUT2D eigenvalue weighted by atomic mass is 32.2. The number of sulfonamides is 1. The fourth-order valence-corrected chi connectivity index (χ4v) is 3.21. The molecule has 0 radical (unpaired) electrons. The SMILES string of the molecule is CCCNCCCCS(=O)(=O)Nc1cccc(C(C)C)c1. The van der Waals surface area contributed by atoms with Crippen molar-refractivity contribution in [1.82, 2.24) is 5.32 Å². The molecular formula is C16H28N2O2S. The molecule has 0 aliphatic carbocycles. The molecule has 2 N–H and O–H groups in total. The first-order chi connectivity index (χ1) is 9.94. The van der Waals surface area contributed by atoms with E-state index in [0.29, 0.717) is 18.0 Å². The topological polar surface area (TPSA) is 58.2 Å². The van der Waals surface area contributed by atoms with Gasteiger partial charge in [-0.15, -0.1) is 0 Å². The van der Waals surface area contributed by atoms with Crippen LogP contribution in [0, 0.1) is 0 Å². The van der Waals surface area contributed by atoms with Crippen molar-refractivity contribution >= 4 is 15.7 Å². The lowest BCUT2D eigenvalue weighted by Crippen LogP contribution is -2.20. The van der Waals surface area contributed by atoms with Crippen LogP contribution in [0.15, 0.2) is 24.3 Å². The van der Waals surface area contributed by atoms with Crippen LogP contribution >= 0.6 is 0 Å². The van der Waals surface area contributed by atoms with E-state index in [4.69, 9.17) is 0 Å². The number of hydrogen-bond acceptors (Lipinski definition) is 3. The molecule has 0 saturated heterocycles. The number of anilines is 1. The Kier molecular flexibility index (Phi) is 7.75. The zero-order valence-corrected chi connectivity index (χ0v) is 14.2. The van der Waals surface area contributed by atoms with Crippen molar-refractivity contribution in [1.29, 1.82) is 0 Å². The maximum atomic E-state index is 12.0. The number of unbranched alkanes of at least 4 members (excludes halogenated alkanes) is 1. The molecule has 1 aromatic rings. The molecule has 1 rings (SSSR count). The highest BCUT2D eigenvalue weighted by molar-refractivity contribution is 7.92. The Hall–Kier alpha value is -1.07. The predicted molar refractivity (Wildman–Crippen MR) is 90.3 cm³/mol. The molecule has 0 unspecified atom stereocenters. The Morgan fingerprint density at radius 1 is 1.14 bits per heavy atom. The minimum atomic E-state index is -3.25. The van der Waals surface area contributed by atoms with Gasteiger partial charge in [-0.3, -0.25) is 4.72 Å². The predicted octanol–water partition coefficient (Wildman–Crippen LogP) is 3.33. The molecular weight excluding hydrogens is 284 g/mol. The van der Waals surface area contributed by atoms with Crippen molar-refractivity contribution in [2.75, 3.05) is 23.6 Å². The Morgan fingerprint density at radius 2 is 1.90 bits per heavy atom. The van der Waals surface area contributed by atoms with Crippen LogP contribution in [0.4, 0.5) is 5.69 Å². The molecule has 21 heavy (non-hydrogen) atoms. The van der Waals surface area contributed by atoms with Crippen molar-refractivity contribution in [3.8, 4) is 0 Å². The van der Waals surface area contributed by atoms with Crippen LogP contribution in [-0.4, -0.2) is 27.3 Å². The summed E-state index contributed by atoms with van der Waals surface area (Å²) in [5, 5.41) is 3.28. The summed E-state index contributed by atoms with van der Waals surface area (Å²) in [6.45, 7) is 8.18. The van der Waals surface area contributed by atoms with Crippen molar-refractivity contribution in [3.05, 3.63) is 29.8 Å². The van der Waals surface area contributed by atoms with Gasteiger partial charge in [-0.2, -0.15) is 0 Å². The molecule has 4 nitrogen and oxygen atoms in total. The highest BCUT2D eigenvalue weighted by Gasteiger charge is 2.10. The van der Waals surface area contributed by atoms with Gasteiger partial charge in [-0.25, -0.2) is 8.42 Å². The van der Waals surface area contributed by atoms with Gasteiger partial charge in [0.25, 0.3) is 0 Å². The highest BCUT2D eigenvalue weighted by Crippen LogP contribution is 2.19. The summed E-state index contributed by atoms with van der Waals surface area (Å²) in [6, 6.07) is 7.61. The maximum absolute atomic E-state index is 12.0. The van der Waals surface area contributed by atoms with E-state index in [9.17, 15) is 8.42 Å². The van der Waals surface area contributed by atoms with Crippen LogP contribution in [0.3, 0.4) is 0 Å². The lowest BCUT2D eigenvalue weighted by molar-refractivity contribution is 0.590. The minimum Gasteiger partial charge on any atom is -0.317 e. The zero-order chi connectivity index (χ0) is 15.7. The molecule has 0 aliphatic heterocycles. The monoisotopic (exact) mass is 312 g/mol. The van der Waals surface area contributed by atoms with Gasteiger partial charge in [0, 0.05) is 5.69 Å². The molecule has 0 saturated carbocycles. The summed E-state index contributed by atoms with van der Waals surface area (Å²) in [6.07, 6.45) is 2.66. The summed E-state index contributed by atoms with van der Waals surface area (Å²) < 4.78 is 26.7. The third-order valence-electron chi connectivity index (χ3n) is 3.27. The Labute approximate surface area is 129 Å². The second-order valence-electron chi connectivity index (χ2n) is 5.66. The third-order valence-corrected chi connectivity index (χ3v) is 4.64. The minimum absolute atomic E-state index is 0.173. The summed E-state index contributed by atoms with van der Waals surface area (Å²) in [5.74, 6) is 0.561. The molecule has 0 heterocycles. The van der Waals surface area contributed by atoms with Crippen molar-refractivity contribution < 1.29 is 8.42 Å². The first kappa shape index (κ1) is 18.0. The average molecular weight is 312 g/mol. The molecule has 1 aromatic carbocycles. The largest absolute Gasteiger partial charge is 0.317 e. The summed E-state index contributed by atoms with van der Waals surface area (Å²) in [4.78, 5) is 0. The fourth-order valence-electron chi connectivity index (χ4n) is 2.04. The standard InChI is InChI=1S/C16H28N2O2S/c1-4-10-17-11-5-6-12-21(19,20)18-16-9-7-8-15(13-16)14(2)3/h7-9,13-14,17-18H,4-6,10-12H2,1-3H3. The van der Waals surface area contributed by atoms with Gasteiger partial charge in [0.2, 0.25) is 10.0 Å². The van der Waals surface area contributed by atoms with Crippen molar-refractivity contribution in [2.24, 2.45) is 0 Å². The summed E-state index contributed by atoms with van der Waals surface area (Å²) in [7, 11) is -3.25. The van der Waals surface area contributed by atoms with Crippen LogP contribution in [-0.2, 0) is 10.0 Å². The second-order valence-corrected chi connectivity index (χ2v) is 7.50. The van der Waals surface area contributed by atoms with E-state index < -0.39 is 10.0 Å². The smallest absolute Gasteiger partial charge is 0.232 e. The van der Waals surface area contributed by atoms with Gasteiger partial charge in [-0.05, 0) is 56.0 Å². The Morgan fingerprint density at radius 3 is 2.57 bits per heavy atom. The summed E-state index contributed by atoms with van der Waals surface area (Å²) in [5.41, 5.74) is 1.80. The van der Waals surface area contributed by atoms with Gasteiger partial charge in [0.05, 0.1) is 5.75 Å². The normalized spacial score (nSPS) is 11.8. The Bertz CT molecular complexity index is 513. The number of rotatable bonds is 10. The van der Waals surface area contributed by atoms with Gasteiger partial charge in [0.1, 0.15) is 0 Å². The molecule has 0 fully saturated rings. The van der Waals surface area contributed by atoms with Crippen LogP contribution < -0.4 is 10.0 Å². The molecule has 0 bridgehead atoms. The van der Waals surface area contributed by atoms with Gasteiger partial charge in [0.15, 0.2) is 0 Å². The molecule has 0 spiro atoms. The third kappa shape index (κ3) is 7.48. The van der Waals surface area contributed by atoms with Crippen LogP contribution in [0.2, 0.25) is 0 Å². The van der Waals surface area contributed by atoms with Crippen LogP contribution in [0.1, 0.15) is 51.5 Å². The van der Waals surface area contributed by atoms with E-state index in [0.717, 1.165) is 31.5 Å². The quantitative estimate of drug-likeness (QED) is 0.652. The molecule has 5 heteroatoms. The maximum Gasteiger partial charge on any atom is 0.232 e. The zero-order valence-electron chi connectivity index (χ0n) is 13.4. The lowest BCUT2D eigenvalue weighted by Gasteiger charge is -2.11. The first-order valence-corrected chi connectivity index (χ1v) is 9.41. The average Bonchev–Trinajstić information content (AvgIpc) is 2.42. The van der Waals surface area contributed by atoms with Crippen molar-refractivity contribution in [3.63, 3.8) is 0 Å². The number of benzene rings is 1.